The summed E-state index contributed by atoms with van der Waals surface area (Å²) in [4.78, 5) is 6.96. The topological polar surface area (TPSA) is 53.6 Å². The average Bonchev–Trinajstić information content (AvgIpc) is 3.10. The highest BCUT2D eigenvalue weighted by molar-refractivity contribution is 14.0. The van der Waals surface area contributed by atoms with Gasteiger partial charge < -0.3 is 16.0 Å². The van der Waals surface area contributed by atoms with E-state index in [0.29, 0.717) is 12.0 Å². The molecule has 2 atom stereocenters. The van der Waals surface area contributed by atoms with Crippen molar-refractivity contribution >= 4 is 29.9 Å². The molecule has 0 amide bonds. The fourth-order valence-corrected chi connectivity index (χ4v) is 3.04. The first-order valence-electron chi connectivity index (χ1n) is 7.26. The van der Waals surface area contributed by atoms with E-state index < -0.39 is 0 Å². The molecule has 0 saturated heterocycles. The summed E-state index contributed by atoms with van der Waals surface area (Å²) in [6.45, 7) is 3.18. The minimum atomic E-state index is 0. The van der Waals surface area contributed by atoms with Crippen LogP contribution >= 0.6 is 24.0 Å². The smallest absolute Gasteiger partial charge is 0.188 e. The molecule has 2 unspecified atom stereocenters. The van der Waals surface area contributed by atoms with Crippen LogP contribution in [0.2, 0.25) is 0 Å². The first kappa shape index (κ1) is 17.0. The van der Waals surface area contributed by atoms with Crippen LogP contribution in [0.1, 0.15) is 45.4 Å². The van der Waals surface area contributed by atoms with Gasteiger partial charge in [0.05, 0.1) is 6.54 Å². The van der Waals surface area contributed by atoms with Gasteiger partial charge in [0.25, 0.3) is 0 Å². The lowest BCUT2D eigenvalue weighted by Crippen LogP contribution is -2.50. The number of nitrogens with one attached hydrogen (secondary N) is 1. The Labute approximate surface area is 134 Å². The summed E-state index contributed by atoms with van der Waals surface area (Å²) in [5.74, 6) is 1.44. The number of aliphatic imine (C=N–C) groups is 1. The van der Waals surface area contributed by atoms with Gasteiger partial charge in [-0.15, -0.1) is 24.0 Å². The van der Waals surface area contributed by atoms with Crippen molar-refractivity contribution in [1.29, 1.82) is 0 Å². The van der Waals surface area contributed by atoms with Gasteiger partial charge in [-0.3, -0.25) is 4.99 Å². The molecule has 3 N–H and O–H groups in total. The molecule has 19 heavy (non-hydrogen) atoms. The molecule has 2 saturated carbocycles. The van der Waals surface area contributed by atoms with Crippen molar-refractivity contribution in [2.24, 2.45) is 16.6 Å². The number of likely N-dealkylation sites (N-methyl/N-ethyl adjacent to an activating group) is 1. The highest BCUT2D eigenvalue weighted by Crippen LogP contribution is 2.35. The maximum Gasteiger partial charge on any atom is 0.188 e. The van der Waals surface area contributed by atoms with Gasteiger partial charge in [0.2, 0.25) is 0 Å². The Morgan fingerprint density at radius 2 is 2.05 bits per heavy atom. The lowest BCUT2D eigenvalue weighted by atomic mass is 9.75. The standard InChI is InChI=1S/C14H28N4.HI/c1-11-5-4-8-14(9-11,18(2)3)10-16-13(15)17-12-6-7-12;/h11-12H,4-10H2,1-3H3,(H3,15,16,17);1H. The van der Waals surface area contributed by atoms with Crippen molar-refractivity contribution < 1.29 is 0 Å². The quantitative estimate of drug-likeness (QED) is 0.447. The van der Waals surface area contributed by atoms with E-state index in [0.717, 1.165) is 12.5 Å². The Balaban J connectivity index is 0.00000180. The fourth-order valence-electron chi connectivity index (χ4n) is 3.04. The third-order valence-corrected chi connectivity index (χ3v) is 4.49. The summed E-state index contributed by atoms with van der Waals surface area (Å²) in [7, 11) is 4.36. The van der Waals surface area contributed by atoms with Crippen LogP contribution in [0, 0.1) is 5.92 Å². The van der Waals surface area contributed by atoms with E-state index in [9.17, 15) is 0 Å². The molecule has 0 spiro atoms. The Kier molecular flexibility index (Phi) is 6.36. The fraction of sp³-hybridized carbons (Fsp3) is 0.929. The Morgan fingerprint density at radius 3 is 2.58 bits per heavy atom. The molecule has 0 aromatic carbocycles. The lowest BCUT2D eigenvalue weighted by Gasteiger charge is -2.44. The van der Waals surface area contributed by atoms with Crippen LogP contribution in [0.5, 0.6) is 0 Å². The second-order valence-corrected chi connectivity index (χ2v) is 6.44. The number of hydrogen-bond donors (Lipinski definition) is 2. The van der Waals surface area contributed by atoms with Crippen LogP contribution in [-0.4, -0.2) is 43.1 Å². The second-order valence-electron chi connectivity index (χ2n) is 6.44. The number of hydrogen-bond acceptors (Lipinski definition) is 2. The van der Waals surface area contributed by atoms with Crippen molar-refractivity contribution in [2.75, 3.05) is 20.6 Å². The summed E-state index contributed by atoms with van der Waals surface area (Å²) in [5, 5.41) is 3.27. The molecule has 0 aliphatic heterocycles. The van der Waals surface area contributed by atoms with Gasteiger partial charge in [0.15, 0.2) is 5.96 Å². The van der Waals surface area contributed by atoms with E-state index in [1.54, 1.807) is 0 Å². The van der Waals surface area contributed by atoms with Crippen molar-refractivity contribution in [3.05, 3.63) is 0 Å². The SMILES string of the molecule is CC1CCCC(CN=C(N)NC2CC2)(N(C)C)C1.I. The van der Waals surface area contributed by atoms with Crippen LogP contribution in [0.15, 0.2) is 4.99 Å². The van der Waals surface area contributed by atoms with Gasteiger partial charge >= 0.3 is 0 Å². The van der Waals surface area contributed by atoms with Crippen molar-refractivity contribution in [3.63, 3.8) is 0 Å². The summed E-state index contributed by atoms with van der Waals surface area (Å²) < 4.78 is 0. The minimum Gasteiger partial charge on any atom is -0.370 e. The summed E-state index contributed by atoms with van der Waals surface area (Å²) in [6.07, 6.45) is 7.63. The van der Waals surface area contributed by atoms with Gasteiger partial charge in [-0.2, -0.15) is 0 Å². The molecular formula is C14H29IN4. The number of guanidine groups is 1. The second kappa shape index (κ2) is 7.11. The molecule has 0 radical (unpaired) electrons. The Morgan fingerprint density at radius 1 is 1.37 bits per heavy atom. The highest BCUT2D eigenvalue weighted by atomic mass is 127. The van der Waals surface area contributed by atoms with E-state index in [2.05, 4.69) is 36.2 Å². The Hall–Kier alpha value is -0.0400. The first-order chi connectivity index (χ1) is 8.52. The zero-order chi connectivity index (χ0) is 13.2. The van der Waals surface area contributed by atoms with Crippen molar-refractivity contribution in [3.8, 4) is 0 Å². The molecule has 2 aliphatic carbocycles. The largest absolute Gasteiger partial charge is 0.370 e. The van der Waals surface area contributed by atoms with E-state index in [4.69, 9.17) is 5.73 Å². The third-order valence-electron chi connectivity index (χ3n) is 4.49. The molecule has 0 aromatic rings. The molecule has 0 aromatic heterocycles. The normalized spacial score (nSPS) is 32.0. The van der Waals surface area contributed by atoms with Gasteiger partial charge in [-0.25, -0.2) is 0 Å². The third kappa shape index (κ3) is 4.77. The summed E-state index contributed by atoms with van der Waals surface area (Å²) >= 11 is 0. The zero-order valence-corrected chi connectivity index (χ0v) is 14.8. The van der Waals surface area contributed by atoms with Crippen LogP contribution in [-0.2, 0) is 0 Å². The highest BCUT2D eigenvalue weighted by Gasteiger charge is 2.36. The predicted molar refractivity (Wildman–Crippen MR) is 92.1 cm³/mol. The molecule has 2 rings (SSSR count). The van der Waals surface area contributed by atoms with Crippen molar-refractivity contribution in [1.82, 2.24) is 10.2 Å². The summed E-state index contributed by atoms with van der Waals surface area (Å²) in [5.41, 5.74) is 6.16. The minimum absolute atomic E-state index is 0. The van der Waals surface area contributed by atoms with Crippen LogP contribution in [0.3, 0.4) is 0 Å². The number of rotatable bonds is 4. The number of nitrogens with zero attached hydrogens (tertiary/aromatic N) is 2. The molecule has 2 fully saturated rings. The molecule has 0 bridgehead atoms. The van der Waals surface area contributed by atoms with Gasteiger partial charge in [0, 0.05) is 11.6 Å². The van der Waals surface area contributed by atoms with Crippen LogP contribution in [0.4, 0.5) is 0 Å². The zero-order valence-electron chi connectivity index (χ0n) is 12.5. The van der Waals surface area contributed by atoms with E-state index in [1.807, 2.05) is 0 Å². The van der Waals surface area contributed by atoms with Gasteiger partial charge in [-0.1, -0.05) is 19.8 Å². The molecule has 2 aliphatic rings. The molecule has 5 heteroatoms. The van der Waals surface area contributed by atoms with E-state index >= 15 is 0 Å². The molecule has 0 heterocycles. The van der Waals surface area contributed by atoms with Gasteiger partial charge in [-0.05, 0) is 45.7 Å². The van der Waals surface area contributed by atoms with E-state index in [1.165, 1.54) is 38.5 Å². The van der Waals surface area contributed by atoms with Crippen LogP contribution in [0.25, 0.3) is 0 Å². The monoisotopic (exact) mass is 380 g/mol. The maximum absolute atomic E-state index is 5.95. The molecular weight excluding hydrogens is 351 g/mol. The Bertz CT molecular complexity index is 315. The molecule has 112 valence electrons. The summed E-state index contributed by atoms with van der Waals surface area (Å²) in [6, 6.07) is 0.592. The lowest BCUT2D eigenvalue weighted by molar-refractivity contribution is 0.0845. The predicted octanol–water partition coefficient (Wildman–Crippen LogP) is 2.18. The average molecular weight is 380 g/mol. The molecule has 4 nitrogen and oxygen atoms in total. The number of halogens is 1. The first-order valence-corrected chi connectivity index (χ1v) is 7.26. The van der Waals surface area contributed by atoms with E-state index in [-0.39, 0.29) is 29.5 Å². The van der Waals surface area contributed by atoms with Crippen molar-refractivity contribution in [2.45, 2.75) is 57.0 Å². The van der Waals surface area contributed by atoms with Gasteiger partial charge in [0.1, 0.15) is 0 Å². The number of nitrogens with two attached hydrogens (primary N) is 1. The van der Waals surface area contributed by atoms with Crippen LogP contribution < -0.4 is 11.1 Å². The maximum atomic E-state index is 5.95.